The van der Waals surface area contributed by atoms with Crippen LogP contribution in [0.2, 0.25) is 0 Å². The lowest BCUT2D eigenvalue weighted by atomic mass is 9.92. The highest BCUT2D eigenvalue weighted by molar-refractivity contribution is 5.43. The molecule has 0 aromatic heterocycles. The zero-order valence-electron chi connectivity index (χ0n) is 11.3. The van der Waals surface area contributed by atoms with Crippen molar-refractivity contribution in [1.82, 2.24) is 5.32 Å². The second-order valence-corrected chi connectivity index (χ2v) is 4.97. The van der Waals surface area contributed by atoms with Crippen LogP contribution in [-0.4, -0.2) is 13.7 Å². The molecule has 0 saturated heterocycles. The van der Waals surface area contributed by atoms with Gasteiger partial charge in [0.05, 0.1) is 7.11 Å². The SMILES string of the molecule is COc1ccccc1Cc1cccc2c1CNCC2. The lowest BCUT2D eigenvalue weighted by molar-refractivity contribution is 0.410. The zero-order valence-corrected chi connectivity index (χ0v) is 11.3. The Kier molecular flexibility index (Phi) is 3.51. The Morgan fingerprint density at radius 2 is 1.89 bits per heavy atom. The van der Waals surface area contributed by atoms with Gasteiger partial charge in [-0.3, -0.25) is 0 Å². The molecule has 0 saturated carbocycles. The molecule has 3 rings (SSSR count). The molecule has 2 nitrogen and oxygen atoms in total. The Morgan fingerprint density at radius 3 is 2.79 bits per heavy atom. The van der Waals surface area contributed by atoms with Gasteiger partial charge in [-0.2, -0.15) is 0 Å². The number of ether oxygens (including phenoxy) is 1. The zero-order chi connectivity index (χ0) is 13.1. The fraction of sp³-hybridized carbons (Fsp3) is 0.294. The van der Waals surface area contributed by atoms with Crippen LogP contribution >= 0.6 is 0 Å². The van der Waals surface area contributed by atoms with Crippen molar-refractivity contribution >= 4 is 0 Å². The molecule has 0 bridgehead atoms. The van der Waals surface area contributed by atoms with Crippen molar-refractivity contribution in [3.63, 3.8) is 0 Å². The van der Waals surface area contributed by atoms with Crippen LogP contribution in [0, 0.1) is 0 Å². The van der Waals surface area contributed by atoms with E-state index in [9.17, 15) is 0 Å². The summed E-state index contributed by atoms with van der Waals surface area (Å²) in [4.78, 5) is 0. The third-order valence-corrected chi connectivity index (χ3v) is 3.82. The molecule has 98 valence electrons. The van der Waals surface area contributed by atoms with Gasteiger partial charge in [0.2, 0.25) is 0 Å². The first kappa shape index (κ1) is 12.2. The van der Waals surface area contributed by atoms with Gasteiger partial charge in [0.15, 0.2) is 0 Å². The van der Waals surface area contributed by atoms with Crippen LogP contribution in [-0.2, 0) is 19.4 Å². The van der Waals surface area contributed by atoms with E-state index in [1.54, 1.807) is 7.11 Å². The van der Waals surface area contributed by atoms with Crippen molar-refractivity contribution in [2.24, 2.45) is 0 Å². The van der Waals surface area contributed by atoms with Gasteiger partial charge in [-0.25, -0.2) is 0 Å². The maximum absolute atomic E-state index is 5.45. The maximum atomic E-state index is 5.45. The highest BCUT2D eigenvalue weighted by atomic mass is 16.5. The molecule has 1 aliphatic rings. The van der Waals surface area contributed by atoms with E-state index in [-0.39, 0.29) is 0 Å². The number of para-hydroxylation sites is 1. The quantitative estimate of drug-likeness (QED) is 0.908. The predicted octanol–water partition coefficient (Wildman–Crippen LogP) is 2.93. The minimum absolute atomic E-state index is 0.939. The van der Waals surface area contributed by atoms with E-state index in [0.29, 0.717) is 0 Å². The van der Waals surface area contributed by atoms with Crippen LogP contribution in [0.15, 0.2) is 42.5 Å². The summed E-state index contributed by atoms with van der Waals surface area (Å²) in [7, 11) is 1.74. The normalized spacial score (nSPS) is 13.9. The van der Waals surface area contributed by atoms with Crippen molar-refractivity contribution in [1.29, 1.82) is 0 Å². The number of hydrogen-bond donors (Lipinski definition) is 1. The van der Waals surface area contributed by atoms with Gasteiger partial charge in [-0.1, -0.05) is 36.4 Å². The van der Waals surface area contributed by atoms with Crippen LogP contribution in [0.25, 0.3) is 0 Å². The summed E-state index contributed by atoms with van der Waals surface area (Å²) >= 11 is 0. The molecular weight excluding hydrogens is 234 g/mol. The minimum atomic E-state index is 0.939. The highest BCUT2D eigenvalue weighted by Gasteiger charge is 2.13. The Balaban J connectivity index is 1.95. The molecule has 1 heterocycles. The molecule has 0 amide bonds. The summed E-state index contributed by atoms with van der Waals surface area (Å²) in [6, 6.07) is 14.9. The summed E-state index contributed by atoms with van der Waals surface area (Å²) in [5.74, 6) is 0.976. The monoisotopic (exact) mass is 253 g/mol. The van der Waals surface area contributed by atoms with E-state index in [2.05, 4.69) is 35.6 Å². The van der Waals surface area contributed by atoms with Crippen LogP contribution in [0.4, 0.5) is 0 Å². The largest absolute Gasteiger partial charge is 0.496 e. The molecule has 2 heteroatoms. The molecule has 0 aliphatic carbocycles. The Morgan fingerprint density at radius 1 is 1.05 bits per heavy atom. The number of benzene rings is 2. The van der Waals surface area contributed by atoms with E-state index in [1.807, 2.05) is 12.1 Å². The first-order valence-electron chi connectivity index (χ1n) is 6.81. The fourth-order valence-corrected chi connectivity index (χ4v) is 2.81. The molecule has 2 aromatic rings. The van der Waals surface area contributed by atoms with Crippen LogP contribution in [0.1, 0.15) is 22.3 Å². The summed E-state index contributed by atoms with van der Waals surface area (Å²) in [5.41, 5.74) is 5.63. The Labute approximate surface area is 114 Å². The van der Waals surface area contributed by atoms with Crippen molar-refractivity contribution < 1.29 is 4.74 Å². The molecule has 0 spiro atoms. The lowest BCUT2D eigenvalue weighted by Gasteiger charge is -2.21. The number of hydrogen-bond acceptors (Lipinski definition) is 2. The smallest absolute Gasteiger partial charge is 0.122 e. The molecular formula is C17H19NO. The summed E-state index contributed by atoms with van der Waals surface area (Å²) in [6.45, 7) is 2.08. The van der Waals surface area contributed by atoms with E-state index in [4.69, 9.17) is 4.74 Å². The summed E-state index contributed by atoms with van der Waals surface area (Å²) in [5, 5.41) is 3.46. The van der Waals surface area contributed by atoms with Gasteiger partial charge in [0, 0.05) is 13.0 Å². The van der Waals surface area contributed by atoms with Crippen LogP contribution in [0.5, 0.6) is 5.75 Å². The molecule has 1 N–H and O–H groups in total. The predicted molar refractivity (Wildman–Crippen MR) is 77.7 cm³/mol. The van der Waals surface area contributed by atoms with E-state index in [1.165, 1.54) is 22.3 Å². The number of methoxy groups -OCH3 is 1. The van der Waals surface area contributed by atoms with Gasteiger partial charge in [0.1, 0.15) is 5.75 Å². The minimum Gasteiger partial charge on any atom is -0.496 e. The molecule has 0 atom stereocenters. The molecule has 19 heavy (non-hydrogen) atoms. The van der Waals surface area contributed by atoms with Gasteiger partial charge < -0.3 is 10.1 Å². The molecule has 2 aromatic carbocycles. The topological polar surface area (TPSA) is 21.3 Å². The second-order valence-electron chi connectivity index (χ2n) is 4.97. The lowest BCUT2D eigenvalue weighted by Crippen LogP contribution is -2.24. The fourth-order valence-electron chi connectivity index (χ4n) is 2.81. The van der Waals surface area contributed by atoms with Gasteiger partial charge in [-0.15, -0.1) is 0 Å². The average Bonchev–Trinajstić information content (AvgIpc) is 2.48. The first-order chi connectivity index (χ1) is 9.38. The average molecular weight is 253 g/mol. The van der Waals surface area contributed by atoms with Crippen molar-refractivity contribution in [3.8, 4) is 5.75 Å². The Bertz CT molecular complexity index is 577. The van der Waals surface area contributed by atoms with E-state index >= 15 is 0 Å². The Hall–Kier alpha value is -1.80. The van der Waals surface area contributed by atoms with Gasteiger partial charge in [0.25, 0.3) is 0 Å². The summed E-state index contributed by atoms with van der Waals surface area (Å²) in [6.07, 6.45) is 2.07. The van der Waals surface area contributed by atoms with Crippen molar-refractivity contribution in [3.05, 3.63) is 64.7 Å². The molecule has 0 unspecified atom stereocenters. The third-order valence-electron chi connectivity index (χ3n) is 3.82. The molecule has 0 radical (unpaired) electrons. The highest BCUT2D eigenvalue weighted by Crippen LogP contribution is 2.25. The van der Waals surface area contributed by atoms with Crippen molar-refractivity contribution in [2.45, 2.75) is 19.4 Å². The molecule has 1 aliphatic heterocycles. The maximum Gasteiger partial charge on any atom is 0.122 e. The third kappa shape index (κ3) is 2.49. The summed E-state index contributed by atoms with van der Waals surface area (Å²) < 4.78 is 5.45. The van der Waals surface area contributed by atoms with Crippen molar-refractivity contribution in [2.75, 3.05) is 13.7 Å². The van der Waals surface area contributed by atoms with Crippen LogP contribution < -0.4 is 10.1 Å². The first-order valence-corrected chi connectivity index (χ1v) is 6.81. The number of fused-ring (bicyclic) bond motifs is 1. The number of rotatable bonds is 3. The van der Waals surface area contributed by atoms with E-state index in [0.717, 1.165) is 31.7 Å². The van der Waals surface area contributed by atoms with E-state index < -0.39 is 0 Å². The van der Waals surface area contributed by atoms with Gasteiger partial charge >= 0.3 is 0 Å². The second kappa shape index (κ2) is 5.45. The van der Waals surface area contributed by atoms with Crippen LogP contribution in [0.3, 0.4) is 0 Å². The number of nitrogens with one attached hydrogen (secondary N) is 1. The standard InChI is InChI=1S/C17H19NO/c1-19-17-8-3-2-5-15(17)11-14-7-4-6-13-9-10-18-12-16(13)14/h2-8,18H,9-12H2,1H3. The van der Waals surface area contributed by atoms with Gasteiger partial charge in [-0.05, 0) is 41.3 Å². The molecule has 0 fully saturated rings.